The van der Waals surface area contributed by atoms with Crippen molar-refractivity contribution >= 4 is 40.1 Å². The third-order valence-electron chi connectivity index (χ3n) is 1.40. The Balaban J connectivity index is 0. The topological polar surface area (TPSA) is 74.2 Å². The lowest BCUT2D eigenvalue weighted by Crippen LogP contribution is -2.39. The Morgan fingerprint density at radius 2 is 1.79 bits per heavy atom. The summed E-state index contributed by atoms with van der Waals surface area (Å²) in [5.41, 5.74) is 0. The van der Waals surface area contributed by atoms with Crippen LogP contribution in [0.4, 0.5) is 0 Å². The highest BCUT2D eigenvalue weighted by molar-refractivity contribution is 9.09. The fraction of sp³-hybridized carbons (Fsp3) is 1.00. The second-order valence-corrected chi connectivity index (χ2v) is 5.85. The van der Waals surface area contributed by atoms with Crippen LogP contribution in [0.1, 0.15) is 20.8 Å². The Hall–Kier alpha value is 0.990. The van der Waals surface area contributed by atoms with E-state index in [0.717, 1.165) is 5.33 Å². The van der Waals surface area contributed by atoms with E-state index in [1.807, 2.05) is 6.92 Å². The molecule has 0 heterocycles. The smallest absolute Gasteiger partial charge is 0.323 e. The molecular weight excluding hydrogens is 407 g/mol. The minimum atomic E-state index is -2.80. The summed E-state index contributed by atoms with van der Waals surface area (Å²) in [5.74, 6) is -2.01. The second-order valence-electron chi connectivity index (χ2n) is 2.94. The summed E-state index contributed by atoms with van der Waals surface area (Å²) in [5, 5.41) is 11.4. The highest BCUT2D eigenvalue weighted by atomic mass is 79.9. The molecule has 0 saturated carbocycles. The highest BCUT2D eigenvalue weighted by Gasteiger charge is 2.32. The van der Waals surface area contributed by atoms with Gasteiger partial charge in [0, 0.05) is 23.9 Å². The molecule has 0 aromatic rings. The Morgan fingerprint density at radius 3 is 2.21 bits per heavy atom. The van der Waals surface area contributed by atoms with E-state index in [2.05, 4.69) is 31.9 Å². The molecule has 0 radical (unpaired) electrons. The molecule has 0 spiro atoms. The average molecular weight is 430 g/mol. The summed E-state index contributed by atoms with van der Waals surface area (Å²) >= 11 is 6.25. The lowest BCUT2D eigenvalue weighted by molar-refractivity contribution is -0.337. The lowest BCUT2D eigenvalue weighted by Gasteiger charge is -2.26. The van der Waals surface area contributed by atoms with Crippen molar-refractivity contribution in [1.29, 1.82) is 0 Å². The number of halogens is 2. The first-order valence-corrected chi connectivity index (χ1v) is 9.38. The van der Waals surface area contributed by atoms with Gasteiger partial charge in [0.05, 0.1) is 6.61 Å². The maximum Gasteiger partial charge on any atom is 0.323 e. The number of hydrogen-bond acceptors (Lipinski definition) is 6. The molecule has 19 heavy (non-hydrogen) atoms. The average Bonchev–Trinajstić information content (AvgIpc) is 2.35. The molecule has 2 atom stereocenters. The largest absolute Gasteiger partial charge is 0.373 e. The van der Waals surface area contributed by atoms with Crippen LogP contribution in [-0.4, -0.2) is 48.2 Å². The molecule has 0 bridgehead atoms. The Labute approximate surface area is 132 Å². The first kappa shape index (κ1) is 22.3. The van der Waals surface area contributed by atoms with E-state index in [1.54, 1.807) is 13.8 Å². The fourth-order valence-electron chi connectivity index (χ4n) is 0.839. The van der Waals surface area contributed by atoms with Crippen LogP contribution in [0, 0.1) is 0 Å². The van der Waals surface area contributed by atoms with Crippen LogP contribution in [0.3, 0.4) is 0 Å². The van der Waals surface area contributed by atoms with Crippen molar-refractivity contribution in [2.24, 2.45) is 0 Å². The normalized spacial score (nSPS) is 15.3. The number of ether oxygens (including phenoxy) is 2. The zero-order valence-electron chi connectivity index (χ0n) is 11.5. The molecule has 0 rings (SSSR count). The van der Waals surface area contributed by atoms with Gasteiger partial charge in [-0.3, -0.25) is 4.57 Å². The second kappa shape index (κ2) is 15.4. The number of hydrogen-bond donors (Lipinski definition) is 1. The van der Waals surface area contributed by atoms with Crippen LogP contribution in [0.5, 0.6) is 0 Å². The first-order chi connectivity index (χ1) is 8.99. The molecule has 0 saturated heterocycles. The standard InChI is InChI=1S/C8H18BrO6P.C2H5Br/c1-3-12-7-8(10,13-4-2)15-16(11)14-6-5-9;1-2-3/h10,16H,3-7H2,1-2H3;2H2,1H3. The van der Waals surface area contributed by atoms with E-state index >= 15 is 0 Å². The summed E-state index contributed by atoms with van der Waals surface area (Å²) in [6, 6.07) is 0. The summed E-state index contributed by atoms with van der Waals surface area (Å²) in [6.45, 7) is 6.09. The maximum absolute atomic E-state index is 11.3. The molecule has 6 nitrogen and oxygen atoms in total. The minimum Gasteiger partial charge on any atom is -0.373 e. The van der Waals surface area contributed by atoms with Crippen molar-refractivity contribution in [2.75, 3.05) is 37.1 Å². The quantitative estimate of drug-likeness (QED) is 0.327. The highest BCUT2D eigenvalue weighted by Crippen LogP contribution is 2.31. The molecular formula is C10H23Br2O6P. The van der Waals surface area contributed by atoms with Gasteiger partial charge < -0.3 is 19.1 Å². The van der Waals surface area contributed by atoms with Crippen LogP contribution in [-0.2, 0) is 23.1 Å². The van der Waals surface area contributed by atoms with Gasteiger partial charge in [0.15, 0.2) is 0 Å². The van der Waals surface area contributed by atoms with Gasteiger partial charge in [-0.2, -0.15) is 0 Å². The van der Waals surface area contributed by atoms with Gasteiger partial charge in [0.1, 0.15) is 6.61 Å². The fourth-order valence-corrected chi connectivity index (χ4v) is 2.01. The Bertz CT molecular complexity index is 222. The predicted molar refractivity (Wildman–Crippen MR) is 82.4 cm³/mol. The summed E-state index contributed by atoms with van der Waals surface area (Å²) in [4.78, 5) is 0. The Kier molecular flexibility index (Phi) is 18.0. The molecule has 0 aromatic heterocycles. The maximum atomic E-state index is 11.3. The van der Waals surface area contributed by atoms with Crippen molar-refractivity contribution in [3.8, 4) is 0 Å². The van der Waals surface area contributed by atoms with E-state index in [4.69, 9.17) is 18.5 Å². The summed E-state index contributed by atoms with van der Waals surface area (Å²) in [6.07, 6.45) is 0. The van der Waals surface area contributed by atoms with E-state index in [0.29, 0.717) is 11.9 Å². The molecule has 118 valence electrons. The first-order valence-electron chi connectivity index (χ1n) is 5.91. The summed E-state index contributed by atoms with van der Waals surface area (Å²) < 4.78 is 30.8. The van der Waals surface area contributed by atoms with Crippen molar-refractivity contribution in [1.82, 2.24) is 0 Å². The van der Waals surface area contributed by atoms with Crippen molar-refractivity contribution in [3.63, 3.8) is 0 Å². The third-order valence-corrected chi connectivity index (χ3v) is 2.65. The molecule has 1 N–H and O–H groups in total. The zero-order chi connectivity index (χ0) is 15.1. The minimum absolute atomic E-state index is 0.206. The van der Waals surface area contributed by atoms with Gasteiger partial charge in [-0.15, -0.1) is 0 Å². The molecule has 0 amide bonds. The van der Waals surface area contributed by atoms with E-state index in [1.165, 1.54) is 0 Å². The van der Waals surface area contributed by atoms with Crippen LogP contribution < -0.4 is 0 Å². The van der Waals surface area contributed by atoms with Gasteiger partial charge in [0.2, 0.25) is 0 Å². The number of rotatable bonds is 10. The van der Waals surface area contributed by atoms with Gasteiger partial charge >= 0.3 is 14.2 Å². The van der Waals surface area contributed by atoms with Crippen molar-refractivity contribution in [2.45, 2.75) is 26.7 Å². The Morgan fingerprint density at radius 1 is 1.21 bits per heavy atom. The molecule has 2 unspecified atom stereocenters. The zero-order valence-corrected chi connectivity index (χ0v) is 15.7. The predicted octanol–water partition coefficient (Wildman–Crippen LogP) is 2.92. The van der Waals surface area contributed by atoms with E-state index < -0.39 is 14.2 Å². The SMILES string of the molecule is CCBr.CCOCC(O)(OCC)O[PH](=O)OCCBr. The monoisotopic (exact) mass is 428 g/mol. The van der Waals surface area contributed by atoms with Crippen LogP contribution in [0.15, 0.2) is 0 Å². The van der Waals surface area contributed by atoms with E-state index in [9.17, 15) is 9.67 Å². The molecule has 0 aliphatic heterocycles. The van der Waals surface area contributed by atoms with Crippen LogP contribution in [0.25, 0.3) is 0 Å². The van der Waals surface area contributed by atoms with E-state index in [-0.39, 0.29) is 19.8 Å². The number of aliphatic hydroxyl groups is 1. The lowest BCUT2D eigenvalue weighted by atomic mass is 10.6. The van der Waals surface area contributed by atoms with Crippen LogP contribution >= 0.6 is 40.1 Å². The van der Waals surface area contributed by atoms with Crippen molar-refractivity contribution < 1.29 is 28.2 Å². The van der Waals surface area contributed by atoms with Gasteiger partial charge in [-0.1, -0.05) is 38.8 Å². The molecule has 9 heteroatoms. The van der Waals surface area contributed by atoms with Crippen LogP contribution in [0.2, 0.25) is 0 Å². The van der Waals surface area contributed by atoms with Crippen molar-refractivity contribution in [3.05, 3.63) is 0 Å². The molecule has 0 aliphatic rings. The molecule has 0 aliphatic carbocycles. The summed E-state index contributed by atoms with van der Waals surface area (Å²) in [7, 11) is -2.80. The third kappa shape index (κ3) is 15.2. The van der Waals surface area contributed by atoms with Gasteiger partial charge in [-0.25, -0.2) is 4.52 Å². The van der Waals surface area contributed by atoms with Gasteiger partial charge in [0.25, 0.3) is 0 Å². The molecule has 0 fully saturated rings. The number of alkyl halides is 2. The molecule has 0 aromatic carbocycles. The van der Waals surface area contributed by atoms with Gasteiger partial charge in [-0.05, 0) is 13.8 Å².